The smallest absolute Gasteiger partial charge is 0.163 e. The van der Waals surface area contributed by atoms with Crippen LogP contribution in [-0.2, 0) is 6.42 Å². The quantitative estimate of drug-likeness (QED) is 0.779. The third-order valence-electron chi connectivity index (χ3n) is 6.99. The van der Waals surface area contributed by atoms with Crippen molar-refractivity contribution in [3.63, 3.8) is 0 Å². The molecule has 5 atom stereocenters. The highest BCUT2D eigenvalue weighted by molar-refractivity contribution is 5.52. The topological polar surface area (TPSA) is 49.7 Å². The van der Waals surface area contributed by atoms with Crippen LogP contribution in [0.4, 0.5) is 0 Å². The Morgan fingerprint density at radius 3 is 2.77 bits per heavy atom. The number of phenolic OH excluding ortho intramolecular Hbond substituents is 1. The summed E-state index contributed by atoms with van der Waals surface area (Å²) in [6, 6.07) is 3.90. The average Bonchev–Trinajstić information content (AvgIpc) is 2.82. The first-order chi connectivity index (χ1) is 10.6. The molecule has 22 heavy (non-hydrogen) atoms. The number of aliphatic hydroxyl groups is 1. The molecule has 0 aliphatic heterocycles. The molecule has 4 rings (SSSR count). The van der Waals surface area contributed by atoms with Gasteiger partial charge in [-0.25, -0.2) is 0 Å². The Bertz CT molecular complexity index is 597. The molecule has 0 spiro atoms. The van der Waals surface area contributed by atoms with Gasteiger partial charge in [-0.05, 0) is 73.3 Å². The maximum absolute atomic E-state index is 10.4. The highest BCUT2D eigenvalue weighted by Gasteiger charge is 2.54. The fourth-order valence-corrected chi connectivity index (χ4v) is 5.82. The van der Waals surface area contributed by atoms with Crippen molar-refractivity contribution in [2.24, 2.45) is 17.3 Å². The van der Waals surface area contributed by atoms with Gasteiger partial charge in [0.05, 0.1) is 13.2 Å². The van der Waals surface area contributed by atoms with Gasteiger partial charge < -0.3 is 14.9 Å². The molecule has 1 aromatic rings. The van der Waals surface area contributed by atoms with E-state index in [4.69, 9.17) is 4.74 Å². The summed E-state index contributed by atoms with van der Waals surface area (Å²) < 4.78 is 5.46. The van der Waals surface area contributed by atoms with Crippen molar-refractivity contribution in [2.75, 3.05) is 7.11 Å². The molecule has 3 aliphatic rings. The van der Waals surface area contributed by atoms with E-state index in [0.717, 1.165) is 32.1 Å². The molecule has 0 unspecified atom stereocenters. The molecule has 1 aromatic carbocycles. The standard InChI is InChI=1S/C19H26O3/c1-19-10-9-12-11-5-7-16(20)18(22-2)14(11)4-3-13(12)15(19)6-8-17(19)21/h5,7,12-13,15,17,20-21H,3-4,6,8-10H2,1-2H3/t12-,13-,15+,17+,19+/m1/s1/i1+1,6+1,8+1,15+1,17+1,19+1. The number of hydrogen-bond acceptors (Lipinski definition) is 3. The molecule has 2 fully saturated rings. The van der Waals surface area contributed by atoms with Crippen LogP contribution >= 0.6 is 0 Å². The molecule has 2 saturated carbocycles. The van der Waals surface area contributed by atoms with Crippen molar-refractivity contribution < 1.29 is 14.9 Å². The summed E-state index contributed by atoms with van der Waals surface area (Å²) in [5, 5.41) is 20.5. The summed E-state index contributed by atoms with van der Waals surface area (Å²) in [4.78, 5) is 0. The van der Waals surface area contributed by atoms with E-state index < -0.39 is 0 Å². The van der Waals surface area contributed by atoms with E-state index in [9.17, 15) is 10.2 Å². The van der Waals surface area contributed by atoms with Crippen LogP contribution in [0.3, 0.4) is 0 Å². The predicted molar refractivity (Wildman–Crippen MR) is 85.3 cm³/mol. The van der Waals surface area contributed by atoms with Gasteiger partial charge in [-0.2, -0.15) is 0 Å². The Balaban J connectivity index is 1.74. The fraction of sp³-hybridized carbons (Fsp3) is 0.684. The van der Waals surface area contributed by atoms with Crippen LogP contribution in [0, 0.1) is 17.3 Å². The highest BCUT2D eigenvalue weighted by Crippen LogP contribution is 2.61. The van der Waals surface area contributed by atoms with Gasteiger partial charge in [0, 0.05) is 5.56 Å². The number of rotatable bonds is 1. The van der Waals surface area contributed by atoms with Crippen LogP contribution < -0.4 is 4.74 Å². The monoisotopic (exact) mass is 308 g/mol. The number of fused-ring (bicyclic) bond motifs is 5. The summed E-state index contributed by atoms with van der Waals surface area (Å²) in [5.74, 6) is 2.83. The van der Waals surface area contributed by atoms with E-state index in [1.807, 2.05) is 0 Å². The third kappa shape index (κ3) is 1.78. The molecule has 2 N–H and O–H groups in total. The second kappa shape index (κ2) is 4.89. The predicted octanol–water partition coefficient (Wildman–Crippen LogP) is 3.62. The number of methoxy groups -OCH3 is 1. The first-order valence-corrected chi connectivity index (χ1v) is 8.63. The molecule has 3 aliphatic carbocycles. The normalized spacial score (nSPS) is 39.8. The van der Waals surface area contributed by atoms with Gasteiger partial charge >= 0.3 is 0 Å². The van der Waals surface area contributed by atoms with E-state index in [2.05, 4.69) is 13.0 Å². The Morgan fingerprint density at radius 1 is 1.18 bits per heavy atom. The van der Waals surface area contributed by atoms with Crippen LogP contribution in [0.15, 0.2) is 12.1 Å². The van der Waals surface area contributed by atoms with Crippen molar-refractivity contribution in [3.05, 3.63) is 23.3 Å². The zero-order valence-corrected chi connectivity index (χ0v) is 13.5. The molecule has 0 aromatic heterocycles. The number of aliphatic hydroxyl groups excluding tert-OH is 1. The largest absolute Gasteiger partial charge is 0.504 e. The molecule has 3 nitrogen and oxygen atoms in total. The molecular formula is C19H26O3. The van der Waals surface area contributed by atoms with Gasteiger partial charge in [-0.3, -0.25) is 0 Å². The number of aromatic hydroxyl groups is 1. The maximum atomic E-state index is 10.4. The highest BCUT2D eigenvalue weighted by atomic mass is 16.5. The van der Waals surface area contributed by atoms with Crippen LogP contribution in [0.1, 0.15) is 56.1 Å². The molecule has 0 radical (unpaired) electrons. The van der Waals surface area contributed by atoms with Crippen LogP contribution in [0.5, 0.6) is 11.5 Å². The van der Waals surface area contributed by atoms with E-state index >= 15 is 0 Å². The minimum absolute atomic E-state index is 0.116. The van der Waals surface area contributed by atoms with Crippen LogP contribution in [0.25, 0.3) is 0 Å². The van der Waals surface area contributed by atoms with Crippen LogP contribution in [0.2, 0.25) is 0 Å². The van der Waals surface area contributed by atoms with Gasteiger partial charge in [0.15, 0.2) is 11.5 Å². The van der Waals surface area contributed by atoms with E-state index in [-0.39, 0.29) is 17.3 Å². The fourth-order valence-electron chi connectivity index (χ4n) is 5.82. The van der Waals surface area contributed by atoms with Gasteiger partial charge in [0.25, 0.3) is 0 Å². The molecule has 120 valence electrons. The summed E-state index contributed by atoms with van der Waals surface area (Å²) in [6.07, 6.45) is 6.42. The first kappa shape index (κ1) is 14.4. The minimum atomic E-state index is -0.116. The molecule has 3 heteroatoms. The first-order valence-electron chi connectivity index (χ1n) is 8.63. The second-order valence-electron chi connectivity index (χ2n) is 7.74. The molecule has 0 saturated heterocycles. The van der Waals surface area contributed by atoms with Crippen molar-refractivity contribution in [2.45, 2.75) is 57.5 Å². The number of benzene rings is 1. The molecule has 0 bridgehead atoms. The Labute approximate surface area is 132 Å². The lowest BCUT2D eigenvalue weighted by Gasteiger charge is -2.50. The lowest BCUT2D eigenvalue weighted by Crippen LogP contribution is -2.43. The van der Waals surface area contributed by atoms with Crippen molar-refractivity contribution >= 4 is 0 Å². The van der Waals surface area contributed by atoms with Crippen molar-refractivity contribution in [1.82, 2.24) is 0 Å². The maximum Gasteiger partial charge on any atom is 0.163 e. The van der Waals surface area contributed by atoms with E-state index in [1.54, 1.807) is 13.2 Å². The summed E-state index contributed by atoms with van der Waals surface area (Å²) >= 11 is 0. The summed E-state index contributed by atoms with van der Waals surface area (Å²) in [7, 11) is 1.65. The number of ether oxygens (including phenoxy) is 1. The van der Waals surface area contributed by atoms with E-state index in [1.165, 1.54) is 17.5 Å². The lowest BCUT2D eigenvalue weighted by molar-refractivity contribution is -0.0227. The third-order valence-corrected chi connectivity index (χ3v) is 6.99. The molecular weight excluding hydrogens is 282 g/mol. The van der Waals surface area contributed by atoms with Crippen LogP contribution in [-0.4, -0.2) is 23.4 Å². The van der Waals surface area contributed by atoms with Gasteiger partial charge in [0.1, 0.15) is 0 Å². The average molecular weight is 308 g/mol. The summed E-state index contributed by atoms with van der Waals surface area (Å²) in [5.41, 5.74) is 2.72. The van der Waals surface area contributed by atoms with Gasteiger partial charge in [-0.15, -0.1) is 0 Å². The summed E-state index contributed by atoms with van der Waals surface area (Å²) in [6.45, 7) is 2.30. The Morgan fingerprint density at radius 2 is 2.00 bits per heavy atom. The van der Waals surface area contributed by atoms with E-state index in [0.29, 0.717) is 23.5 Å². The van der Waals surface area contributed by atoms with Gasteiger partial charge in [-0.1, -0.05) is 13.0 Å². The van der Waals surface area contributed by atoms with Crippen molar-refractivity contribution in [3.8, 4) is 11.5 Å². The SMILES string of the molecule is COc1c(O)ccc2c1CC[C@@H]1[C@@H]2CC[13C@]2([13CH3])[13C@@H](O)[13CH2][13CH2][13C@@H]12. The minimum Gasteiger partial charge on any atom is -0.504 e. The second-order valence-corrected chi connectivity index (χ2v) is 7.74. The molecule has 0 amide bonds. The number of hydrogen-bond donors (Lipinski definition) is 2. The van der Waals surface area contributed by atoms with Gasteiger partial charge in [0.2, 0.25) is 0 Å². The lowest BCUT2D eigenvalue weighted by atomic mass is 9.72. The number of phenols is 1. The molecule has 0 heterocycles. The zero-order valence-electron chi connectivity index (χ0n) is 13.5. The Kier molecular flexibility index (Phi) is 3.19. The Hall–Kier alpha value is -1.22. The zero-order chi connectivity index (χ0) is 15.5. The van der Waals surface area contributed by atoms with Crippen molar-refractivity contribution in [1.29, 1.82) is 0 Å².